The van der Waals surface area contributed by atoms with Crippen molar-refractivity contribution in [3.8, 4) is 0 Å². The van der Waals surface area contributed by atoms with Crippen LogP contribution in [0, 0.1) is 11.7 Å². The van der Waals surface area contributed by atoms with Gasteiger partial charge >= 0.3 is 0 Å². The smallest absolute Gasteiger partial charge is 0.168 e. The van der Waals surface area contributed by atoms with Gasteiger partial charge in [-0.15, -0.1) is 0 Å². The summed E-state index contributed by atoms with van der Waals surface area (Å²) in [5, 5.41) is 0. The maximum absolute atomic E-state index is 13.5. The van der Waals surface area contributed by atoms with Gasteiger partial charge < -0.3 is 0 Å². The van der Waals surface area contributed by atoms with E-state index in [4.69, 9.17) is 0 Å². The van der Waals surface area contributed by atoms with Gasteiger partial charge in [-0.1, -0.05) is 22.9 Å². The second-order valence-corrected chi connectivity index (χ2v) is 5.55. The van der Waals surface area contributed by atoms with E-state index in [1.165, 1.54) is 6.07 Å². The van der Waals surface area contributed by atoms with Crippen molar-refractivity contribution in [3.63, 3.8) is 0 Å². The summed E-state index contributed by atoms with van der Waals surface area (Å²) in [6.07, 6.45) is 0. The Morgan fingerprint density at radius 3 is 3.00 bits per heavy atom. The van der Waals surface area contributed by atoms with Gasteiger partial charge in [-0.05, 0) is 12.1 Å². The van der Waals surface area contributed by atoms with Gasteiger partial charge in [0.15, 0.2) is 5.78 Å². The minimum atomic E-state index is -0.275. The van der Waals surface area contributed by atoms with Gasteiger partial charge in [0.05, 0.1) is 0 Å². The second kappa shape index (κ2) is 4.26. The van der Waals surface area contributed by atoms with Crippen molar-refractivity contribution in [1.29, 1.82) is 0 Å². The fourth-order valence-corrected chi connectivity index (χ4v) is 3.34. The summed E-state index contributed by atoms with van der Waals surface area (Å²) in [6, 6.07) is 3.02. The minimum Gasteiger partial charge on any atom is -0.294 e. The van der Waals surface area contributed by atoms with Crippen molar-refractivity contribution in [2.45, 2.75) is 12.7 Å². The Morgan fingerprint density at radius 1 is 1.53 bits per heavy atom. The van der Waals surface area contributed by atoms with Gasteiger partial charge in [0, 0.05) is 33.0 Å². The average molecular weight is 289 g/mol. The molecule has 0 saturated carbocycles. The van der Waals surface area contributed by atoms with Crippen LogP contribution in [0.2, 0.25) is 0 Å². The molecule has 2 rings (SSSR count). The van der Waals surface area contributed by atoms with Crippen LogP contribution in [0.5, 0.6) is 0 Å². The van der Waals surface area contributed by atoms with Crippen molar-refractivity contribution in [3.05, 3.63) is 33.5 Å². The first-order valence-corrected chi connectivity index (χ1v) is 6.65. The van der Waals surface area contributed by atoms with Crippen LogP contribution in [-0.4, -0.2) is 11.5 Å². The lowest BCUT2D eigenvalue weighted by Gasteiger charge is -2.09. The summed E-state index contributed by atoms with van der Waals surface area (Å²) in [6.45, 7) is 1.89. The molecule has 1 heterocycles. The largest absolute Gasteiger partial charge is 0.294 e. The Kier molecular flexibility index (Phi) is 3.16. The van der Waals surface area contributed by atoms with E-state index in [2.05, 4.69) is 15.9 Å². The van der Waals surface area contributed by atoms with Crippen molar-refractivity contribution in [2.24, 2.45) is 5.92 Å². The fraction of sp³-hybridized carbons (Fsp3) is 0.364. The topological polar surface area (TPSA) is 17.1 Å². The van der Waals surface area contributed by atoms with Gasteiger partial charge in [-0.2, -0.15) is 11.8 Å². The number of ketones is 1. The van der Waals surface area contributed by atoms with Crippen LogP contribution in [0.25, 0.3) is 0 Å². The molecule has 80 valence electrons. The summed E-state index contributed by atoms with van der Waals surface area (Å²) in [5.41, 5.74) is 1.08. The van der Waals surface area contributed by atoms with E-state index in [9.17, 15) is 9.18 Å². The molecule has 0 N–H and O–H groups in total. The number of hydrogen-bond acceptors (Lipinski definition) is 2. The molecule has 0 saturated heterocycles. The summed E-state index contributed by atoms with van der Waals surface area (Å²) >= 11 is 4.93. The van der Waals surface area contributed by atoms with E-state index in [0.717, 1.165) is 5.75 Å². The zero-order valence-electron chi connectivity index (χ0n) is 8.22. The first kappa shape index (κ1) is 11.1. The monoisotopic (exact) mass is 288 g/mol. The number of benzene rings is 1. The summed E-state index contributed by atoms with van der Waals surface area (Å²) in [4.78, 5) is 12.0. The number of thioether (sulfide) groups is 1. The van der Waals surface area contributed by atoms with Crippen LogP contribution in [0.1, 0.15) is 22.8 Å². The lowest BCUT2D eigenvalue weighted by Crippen LogP contribution is -2.14. The van der Waals surface area contributed by atoms with Crippen LogP contribution in [0.15, 0.2) is 16.6 Å². The molecule has 0 spiro atoms. The molecule has 0 bridgehead atoms. The number of carbonyl (C=O) groups excluding carboxylic acids is 1. The normalized spacial score (nSPS) is 21.0. The molecule has 15 heavy (non-hydrogen) atoms. The van der Waals surface area contributed by atoms with E-state index in [0.29, 0.717) is 21.4 Å². The third kappa shape index (κ3) is 1.97. The Bertz CT molecular complexity index is 419. The Morgan fingerprint density at radius 2 is 2.27 bits per heavy atom. The molecule has 1 nitrogen and oxygen atoms in total. The Hall–Kier alpha value is -0.350. The van der Waals surface area contributed by atoms with Crippen molar-refractivity contribution >= 4 is 33.5 Å². The van der Waals surface area contributed by atoms with E-state index in [1.807, 2.05) is 6.92 Å². The molecular formula is C11H10BrFOS. The quantitative estimate of drug-likeness (QED) is 0.725. The SMILES string of the molecule is CC1CSCc2c(F)ccc(Br)c2C1=O. The number of carbonyl (C=O) groups is 1. The maximum atomic E-state index is 13.5. The lowest BCUT2D eigenvalue weighted by molar-refractivity contribution is 0.0941. The van der Waals surface area contributed by atoms with E-state index < -0.39 is 0 Å². The van der Waals surface area contributed by atoms with E-state index in [-0.39, 0.29) is 17.5 Å². The second-order valence-electron chi connectivity index (χ2n) is 3.66. The molecule has 1 aromatic rings. The van der Waals surface area contributed by atoms with Gasteiger partial charge in [0.1, 0.15) is 5.82 Å². The van der Waals surface area contributed by atoms with Crippen LogP contribution < -0.4 is 0 Å². The molecule has 1 aliphatic rings. The number of hydrogen-bond donors (Lipinski definition) is 0. The van der Waals surface area contributed by atoms with Gasteiger partial charge in [-0.25, -0.2) is 4.39 Å². The molecule has 0 fully saturated rings. The van der Waals surface area contributed by atoms with Gasteiger partial charge in [0.2, 0.25) is 0 Å². The lowest BCUT2D eigenvalue weighted by atomic mass is 9.97. The molecule has 0 aromatic heterocycles. The highest BCUT2D eigenvalue weighted by Crippen LogP contribution is 2.33. The molecule has 0 aliphatic carbocycles. The predicted octanol–water partition coefficient (Wildman–Crippen LogP) is 3.65. The predicted molar refractivity (Wildman–Crippen MR) is 63.8 cm³/mol. The van der Waals surface area contributed by atoms with Gasteiger partial charge in [0.25, 0.3) is 0 Å². The fourth-order valence-electron chi connectivity index (χ4n) is 1.66. The zero-order valence-corrected chi connectivity index (χ0v) is 10.6. The summed E-state index contributed by atoms with van der Waals surface area (Å²) < 4.78 is 14.3. The molecule has 1 aliphatic heterocycles. The maximum Gasteiger partial charge on any atom is 0.168 e. The standard InChI is InChI=1S/C11H10BrFOS/c1-6-4-15-5-7-9(13)3-2-8(12)10(7)11(6)14/h2-3,6H,4-5H2,1H3. The summed E-state index contributed by atoms with van der Waals surface area (Å²) in [5.74, 6) is 1.08. The van der Waals surface area contributed by atoms with Crippen LogP contribution in [-0.2, 0) is 5.75 Å². The number of Topliss-reactive ketones (excluding diaryl/α,β-unsaturated/α-hetero) is 1. The van der Waals surface area contributed by atoms with Crippen LogP contribution in [0.4, 0.5) is 4.39 Å². The molecule has 1 unspecified atom stereocenters. The molecule has 0 amide bonds. The highest BCUT2D eigenvalue weighted by atomic mass is 79.9. The van der Waals surface area contributed by atoms with E-state index in [1.54, 1.807) is 17.8 Å². The first-order chi connectivity index (χ1) is 7.11. The Balaban J connectivity index is 2.62. The third-order valence-electron chi connectivity index (χ3n) is 2.51. The molecule has 0 radical (unpaired) electrons. The number of fused-ring (bicyclic) bond motifs is 1. The third-order valence-corrected chi connectivity index (χ3v) is 4.40. The molecule has 4 heteroatoms. The van der Waals surface area contributed by atoms with Crippen molar-refractivity contribution in [2.75, 3.05) is 5.75 Å². The molecule has 1 aromatic carbocycles. The Labute approximate surface area is 101 Å². The first-order valence-electron chi connectivity index (χ1n) is 4.70. The number of rotatable bonds is 0. The van der Waals surface area contributed by atoms with E-state index >= 15 is 0 Å². The van der Waals surface area contributed by atoms with Crippen molar-refractivity contribution in [1.82, 2.24) is 0 Å². The van der Waals surface area contributed by atoms with Gasteiger partial charge in [-0.3, -0.25) is 4.79 Å². The average Bonchev–Trinajstić information content (AvgIpc) is 2.35. The number of halogens is 2. The molecular weight excluding hydrogens is 279 g/mol. The van der Waals surface area contributed by atoms with Crippen LogP contribution >= 0.6 is 27.7 Å². The summed E-state index contributed by atoms with van der Waals surface area (Å²) in [7, 11) is 0. The van der Waals surface area contributed by atoms with Crippen LogP contribution in [0.3, 0.4) is 0 Å². The van der Waals surface area contributed by atoms with Crippen molar-refractivity contribution < 1.29 is 9.18 Å². The highest BCUT2D eigenvalue weighted by molar-refractivity contribution is 9.10. The highest BCUT2D eigenvalue weighted by Gasteiger charge is 2.26. The molecule has 1 atom stereocenters. The minimum absolute atomic E-state index is 0.0330. The zero-order chi connectivity index (χ0) is 11.0.